The minimum atomic E-state index is -0.353. The highest BCUT2D eigenvalue weighted by atomic mass is 16.5. The maximum atomic E-state index is 9.57. The van der Waals surface area contributed by atoms with Gasteiger partial charge in [-0.2, -0.15) is 0 Å². The highest BCUT2D eigenvalue weighted by molar-refractivity contribution is 5.39. The molecule has 0 spiro atoms. The normalized spacial score (nSPS) is 11.4. The Balaban J connectivity index is 0.000000272. The van der Waals surface area contributed by atoms with Crippen LogP contribution in [0.15, 0.2) is 36.4 Å². The first-order valence-electron chi connectivity index (χ1n) is 8.49. The molecule has 0 aromatic heterocycles. The third kappa shape index (κ3) is 6.25. The molecule has 2 aromatic rings. The molecular weight excluding hydrogens is 300 g/mol. The summed E-state index contributed by atoms with van der Waals surface area (Å²) in [5.41, 5.74) is 4.13. The molecule has 1 atom stereocenters. The van der Waals surface area contributed by atoms with E-state index in [1.54, 1.807) is 0 Å². The van der Waals surface area contributed by atoms with Gasteiger partial charge in [0, 0.05) is 0 Å². The molecule has 2 N–H and O–H groups in total. The van der Waals surface area contributed by atoms with Crippen LogP contribution in [0.1, 0.15) is 42.0 Å². The molecule has 3 nitrogen and oxygen atoms in total. The Kier molecular flexibility index (Phi) is 8.34. The summed E-state index contributed by atoms with van der Waals surface area (Å²) >= 11 is 0. The first-order valence-corrected chi connectivity index (χ1v) is 8.49. The molecule has 0 aliphatic rings. The van der Waals surface area contributed by atoms with Gasteiger partial charge in [-0.3, -0.25) is 0 Å². The molecule has 1 unspecified atom stereocenters. The Hall–Kier alpha value is -2.00. The predicted molar refractivity (Wildman–Crippen MR) is 99.9 cm³/mol. The minimum absolute atomic E-state index is 0.353. The second kappa shape index (κ2) is 9.99. The van der Waals surface area contributed by atoms with Gasteiger partial charge in [-0.15, -0.1) is 0 Å². The van der Waals surface area contributed by atoms with Gasteiger partial charge in [0.05, 0.1) is 6.10 Å². The number of para-hydroxylation sites is 2. The molecule has 132 valence electrons. The fraction of sp³-hybridized carbons (Fsp3) is 0.429. The molecule has 0 fully saturated rings. The molecule has 2 rings (SSSR count). The molecule has 0 aliphatic heterocycles. The summed E-state index contributed by atoms with van der Waals surface area (Å²) in [6.07, 6.45) is 1.43. The largest absolute Gasteiger partial charge is 0.507 e. The molecular formula is C21H30O3. The predicted octanol–water partition coefficient (Wildman–Crippen LogP) is 4.85. The van der Waals surface area contributed by atoms with E-state index in [9.17, 15) is 10.2 Å². The molecule has 0 aliphatic carbocycles. The molecule has 0 radical (unpaired) electrons. The van der Waals surface area contributed by atoms with Crippen molar-refractivity contribution in [1.29, 1.82) is 0 Å². The number of rotatable bonds is 5. The van der Waals surface area contributed by atoms with Crippen LogP contribution in [-0.2, 0) is 0 Å². The molecule has 0 heterocycles. The number of hydrogen-bond acceptors (Lipinski definition) is 3. The highest BCUT2D eigenvalue weighted by Gasteiger charge is 2.07. The highest BCUT2D eigenvalue weighted by Crippen LogP contribution is 2.22. The fourth-order valence-corrected chi connectivity index (χ4v) is 2.43. The van der Waals surface area contributed by atoms with Crippen molar-refractivity contribution < 1.29 is 14.9 Å². The number of ether oxygens (including phenoxy) is 1. The van der Waals surface area contributed by atoms with Crippen molar-refractivity contribution >= 4 is 0 Å². The zero-order valence-corrected chi connectivity index (χ0v) is 15.5. The topological polar surface area (TPSA) is 49.7 Å². The summed E-state index contributed by atoms with van der Waals surface area (Å²) in [7, 11) is 0. The zero-order chi connectivity index (χ0) is 18.1. The molecule has 2 aromatic carbocycles. The van der Waals surface area contributed by atoms with Gasteiger partial charge in [-0.25, -0.2) is 0 Å². The second-order valence-electron chi connectivity index (χ2n) is 6.21. The van der Waals surface area contributed by atoms with Crippen LogP contribution in [0.4, 0.5) is 0 Å². The summed E-state index contributed by atoms with van der Waals surface area (Å²) in [6, 6.07) is 11.8. The van der Waals surface area contributed by atoms with Crippen molar-refractivity contribution in [3.63, 3.8) is 0 Å². The van der Waals surface area contributed by atoms with Gasteiger partial charge in [-0.1, -0.05) is 49.7 Å². The zero-order valence-electron chi connectivity index (χ0n) is 15.5. The van der Waals surface area contributed by atoms with Gasteiger partial charge in [-0.05, 0) is 56.4 Å². The van der Waals surface area contributed by atoms with E-state index in [2.05, 4.69) is 6.92 Å². The van der Waals surface area contributed by atoms with Crippen LogP contribution in [0.5, 0.6) is 11.5 Å². The number of hydrogen-bond donors (Lipinski definition) is 2. The van der Waals surface area contributed by atoms with Crippen LogP contribution in [0.3, 0.4) is 0 Å². The molecule has 3 heteroatoms. The lowest BCUT2D eigenvalue weighted by molar-refractivity contribution is 0.0986. The van der Waals surface area contributed by atoms with Crippen LogP contribution in [0.2, 0.25) is 0 Å². The van der Waals surface area contributed by atoms with Crippen molar-refractivity contribution in [3.05, 3.63) is 58.7 Å². The number of benzene rings is 2. The molecule has 0 amide bonds. The van der Waals surface area contributed by atoms with Crippen molar-refractivity contribution in [2.24, 2.45) is 0 Å². The van der Waals surface area contributed by atoms with Gasteiger partial charge < -0.3 is 14.9 Å². The van der Waals surface area contributed by atoms with Gasteiger partial charge in [0.2, 0.25) is 0 Å². The van der Waals surface area contributed by atoms with Gasteiger partial charge in [0.15, 0.2) is 0 Å². The number of aromatic hydroxyl groups is 1. The smallest absolute Gasteiger partial charge is 0.125 e. The molecule has 0 saturated carbocycles. The monoisotopic (exact) mass is 330 g/mol. The Bertz CT molecular complexity index is 594. The Morgan fingerprint density at radius 1 is 0.875 bits per heavy atom. The quantitative estimate of drug-likeness (QED) is 0.823. The number of phenols is 1. The lowest BCUT2D eigenvalue weighted by atomic mass is 10.1. The summed E-state index contributed by atoms with van der Waals surface area (Å²) in [4.78, 5) is 0. The van der Waals surface area contributed by atoms with Crippen LogP contribution < -0.4 is 4.74 Å². The van der Waals surface area contributed by atoms with E-state index < -0.39 is 0 Å². The summed E-state index contributed by atoms with van der Waals surface area (Å²) in [5.74, 6) is 1.32. The van der Waals surface area contributed by atoms with Gasteiger partial charge >= 0.3 is 0 Å². The number of phenolic OH excluding ortho intramolecular Hbond substituents is 1. The maximum absolute atomic E-state index is 9.57. The Morgan fingerprint density at radius 3 is 1.75 bits per heavy atom. The van der Waals surface area contributed by atoms with Gasteiger partial charge in [0.25, 0.3) is 0 Å². The Morgan fingerprint density at radius 2 is 1.33 bits per heavy atom. The standard InChI is InChI=1S/C13H20O2.C8H10O/c1-4-6-12(14)9-15-13-10(2)7-5-8-11(13)3;1-6-4-3-5-7(2)8(6)9/h5,7-8,12,14H,4,6,9H2,1-3H3;3-5,9H,1-2H3. The lowest BCUT2D eigenvalue weighted by Gasteiger charge is -2.14. The first kappa shape index (κ1) is 20.0. The van der Waals surface area contributed by atoms with Crippen LogP contribution in [-0.4, -0.2) is 22.9 Å². The second-order valence-corrected chi connectivity index (χ2v) is 6.21. The van der Waals surface area contributed by atoms with Crippen molar-refractivity contribution in [2.75, 3.05) is 6.61 Å². The summed E-state index contributed by atoms with van der Waals surface area (Å²) in [6.45, 7) is 10.3. The lowest BCUT2D eigenvalue weighted by Crippen LogP contribution is -2.17. The van der Waals surface area contributed by atoms with E-state index in [-0.39, 0.29) is 6.10 Å². The van der Waals surface area contributed by atoms with E-state index >= 15 is 0 Å². The maximum Gasteiger partial charge on any atom is 0.125 e. The minimum Gasteiger partial charge on any atom is -0.507 e. The average molecular weight is 330 g/mol. The number of aliphatic hydroxyl groups excluding tert-OH is 1. The fourth-order valence-electron chi connectivity index (χ4n) is 2.43. The molecule has 0 bridgehead atoms. The van der Waals surface area contributed by atoms with Crippen LogP contribution >= 0.6 is 0 Å². The average Bonchev–Trinajstić information content (AvgIpc) is 2.53. The van der Waals surface area contributed by atoms with Crippen molar-refractivity contribution in [2.45, 2.75) is 53.6 Å². The molecule has 0 saturated heterocycles. The summed E-state index contributed by atoms with van der Waals surface area (Å²) < 4.78 is 5.63. The van der Waals surface area contributed by atoms with E-state index in [1.807, 2.05) is 64.1 Å². The number of aliphatic hydroxyl groups is 1. The van der Waals surface area contributed by atoms with Crippen molar-refractivity contribution in [3.8, 4) is 11.5 Å². The number of aryl methyl sites for hydroxylation is 4. The molecule has 24 heavy (non-hydrogen) atoms. The van der Waals surface area contributed by atoms with E-state index in [0.29, 0.717) is 12.4 Å². The SMILES string of the molecule is CCCC(O)COc1c(C)cccc1C.Cc1cccc(C)c1O. The van der Waals surface area contributed by atoms with E-state index in [4.69, 9.17) is 4.74 Å². The Labute approximate surface area is 145 Å². The first-order chi connectivity index (χ1) is 11.4. The van der Waals surface area contributed by atoms with Crippen molar-refractivity contribution in [1.82, 2.24) is 0 Å². The van der Waals surface area contributed by atoms with E-state index in [0.717, 1.165) is 40.8 Å². The van der Waals surface area contributed by atoms with Crippen LogP contribution in [0, 0.1) is 27.7 Å². The van der Waals surface area contributed by atoms with Gasteiger partial charge in [0.1, 0.15) is 18.1 Å². The third-order valence-electron chi connectivity index (χ3n) is 3.89. The summed E-state index contributed by atoms with van der Waals surface area (Å²) in [5, 5.41) is 18.8. The van der Waals surface area contributed by atoms with Crippen LogP contribution in [0.25, 0.3) is 0 Å². The third-order valence-corrected chi connectivity index (χ3v) is 3.89. The van der Waals surface area contributed by atoms with E-state index in [1.165, 1.54) is 0 Å².